The Morgan fingerprint density at radius 1 is 0.765 bits per heavy atom. The molecule has 0 unspecified atom stereocenters. The SMILES string of the molecule is NC(=O)C[C@@H]1NC(=O)[C@@H](N)CC(=O)NCCCCCNC(=O)[C@H](Cc2csc3ccccc23)NC(=O)[C@@H]2C[C@H](n3cc(-c4ccc(-c5cccs5)s4)nn3)CN2C(=O)[C@H](C2CCCCC2)NC1=O. The van der Waals surface area contributed by atoms with Crippen LogP contribution in [0.1, 0.15) is 82.2 Å². The molecule has 68 heavy (non-hydrogen) atoms. The molecule has 21 heteroatoms. The molecule has 6 heterocycles. The summed E-state index contributed by atoms with van der Waals surface area (Å²) in [7, 11) is 0. The van der Waals surface area contributed by atoms with E-state index in [9.17, 15) is 28.8 Å². The average Bonchev–Trinajstić information content (AvgIpc) is 4.20. The molecule has 2 aliphatic heterocycles. The van der Waals surface area contributed by atoms with Crippen molar-refractivity contribution in [1.29, 1.82) is 0 Å². The maximum absolute atomic E-state index is 15.3. The van der Waals surface area contributed by atoms with Gasteiger partial charge in [-0.2, -0.15) is 0 Å². The monoisotopic (exact) mass is 983 g/mol. The van der Waals surface area contributed by atoms with Crippen LogP contribution in [0.3, 0.4) is 0 Å². The lowest BCUT2D eigenvalue weighted by Gasteiger charge is -2.35. The number of aromatic nitrogens is 3. The first-order valence-corrected chi connectivity index (χ1v) is 25.8. The first-order valence-electron chi connectivity index (χ1n) is 23.2. The zero-order chi connectivity index (χ0) is 47.7. The molecule has 3 aliphatic rings. The second-order valence-electron chi connectivity index (χ2n) is 17.8. The third kappa shape index (κ3) is 11.8. The second kappa shape index (κ2) is 22.4. The van der Waals surface area contributed by atoms with Gasteiger partial charge in [-0.3, -0.25) is 33.6 Å². The Balaban J connectivity index is 1.13. The summed E-state index contributed by atoms with van der Waals surface area (Å²) in [5.41, 5.74) is 13.2. The minimum atomic E-state index is -1.52. The molecule has 1 aromatic carbocycles. The lowest BCUT2D eigenvalue weighted by atomic mass is 9.83. The number of benzene rings is 1. The van der Waals surface area contributed by atoms with Gasteiger partial charge in [-0.1, -0.05) is 48.7 Å². The molecule has 18 nitrogen and oxygen atoms in total. The van der Waals surface area contributed by atoms with Crippen molar-refractivity contribution in [2.75, 3.05) is 19.6 Å². The molecule has 3 fully saturated rings. The normalized spacial score (nSPS) is 24.7. The number of rotatable bonds is 8. The number of amides is 7. The minimum Gasteiger partial charge on any atom is -0.370 e. The fraction of sp³-hybridized carbons (Fsp3) is 0.468. The quantitative estimate of drug-likeness (QED) is 0.119. The van der Waals surface area contributed by atoms with Crippen LogP contribution in [0.15, 0.2) is 65.5 Å². The fourth-order valence-electron chi connectivity index (χ4n) is 9.30. The van der Waals surface area contributed by atoms with Gasteiger partial charge in [-0.25, -0.2) is 4.68 Å². The van der Waals surface area contributed by atoms with Gasteiger partial charge in [-0.15, -0.1) is 39.1 Å². The molecular formula is C47H57N11O7S3. The van der Waals surface area contributed by atoms with Gasteiger partial charge in [0.05, 0.1) is 36.0 Å². The number of nitrogens with zero attached hydrogens (tertiary/aromatic N) is 4. The van der Waals surface area contributed by atoms with Crippen molar-refractivity contribution in [3.8, 4) is 20.3 Å². The Bertz CT molecular complexity index is 2600. The molecule has 0 radical (unpaired) electrons. The van der Waals surface area contributed by atoms with Gasteiger partial charge < -0.3 is 43.0 Å². The van der Waals surface area contributed by atoms with Crippen molar-refractivity contribution in [2.45, 2.75) is 113 Å². The number of thiophene rings is 3. The first-order chi connectivity index (χ1) is 32.9. The van der Waals surface area contributed by atoms with E-state index in [4.69, 9.17) is 11.5 Å². The summed E-state index contributed by atoms with van der Waals surface area (Å²) >= 11 is 4.77. The van der Waals surface area contributed by atoms with E-state index < -0.39 is 78.1 Å². The third-order valence-electron chi connectivity index (χ3n) is 12.9. The Morgan fingerprint density at radius 2 is 1.51 bits per heavy atom. The molecular weight excluding hydrogens is 927 g/mol. The molecule has 7 amide bonds. The lowest BCUT2D eigenvalue weighted by molar-refractivity contribution is -0.144. The van der Waals surface area contributed by atoms with E-state index in [1.165, 1.54) is 4.90 Å². The van der Waals surface area contributed by atoms with Crippen molar-refractivity contribution in [2.24, 2.45) is 17.4 Å². The predicted octanol–water partition coefficient (Wildman–Crippen LogP) is 3.38. The molecule has 1 aliphatic carbocycles. The zero-order valence-electron chi connectivity index (χ0n) is 37.5. The molecule has 1 saturated carbocycles. The Morgan fingerprint density at radius 3 is 2.29 bits per heavy atom. The number of hydrogen-bond acceptors (Lipinski definition) is 13. The molecule has 9 N–H and O–H groups in total. The van der Waals surface area contributed by atoms with Crippen molar-refractivity contribution in [1.82, 2.24) is 46.5 Å². The smallest absolute Gasteiger partial charge is 0.246 e. The van der Waals surface area contributed by atoms with E-state index in [-0.39, 0.29) is 37.6 Å². The standard InChI is InChI=1S/C47H57N11O7S3/c48-31-22-41(60)50-17-7-2-8-18-51-44(62)32(20-28-26-67-36-13-6-5-12-30(28)36)53-46(64)35-21-29(58-25-34(55-56-58)37-15-16-39(68-37)38-14-9-19-66-38)24-57(35)47(65)42(27-10-3-1-4-11-27)54-45(63)33(23-40(49)59)52-43(31)61/h5-6,9,12-16,19,25-27,29,31-33,35,42H,1-4,7-8,10-11,17-18,20-24,48H2,(H2,49,59)(H,50,60)(H,51,62)(H,52,61)(H,53,64)(H,54,63)/t29-,31-,32-,33-,35-,42-/m0/s1. The molecule has 2 saturated heterocycles. The van der Waals surface area contributed by atoms with E-state index in [1.807, 2.05) is 53.2 Å². The van der Waals surface area contributed by atoms with Crippen molar-refractivity contribution < 1.29 is 33.6 Å². The second-order valence-corrected chi connectivity index (χ2v) is 20.7. The van der Waals surface area contributed by atoms with E-state index in [1.54, 1.807) is 44.9 Å². The summed E-state index contributed by atoms with van der Waals surface area (Å²) in [5.74, 6) is -4.88. The van der Waals surface area contributed by atoms with E-state index in [2.05, 4.69) is 43.0 Å². The van der Waals surface area contributed by atoms with Crippen molar-refractivity contribution in [3.63, 3.8) is 0 Å². The van der Waals surface area contributed by atoms with Gasteiger partial charge in [0.25, 0.3) is 0 Å². The van der Waals surface area contributed by atoms with Crippen LogP contribution in [0.25, 0.3) is 30.4 Å². The summed E-state index contributed by atoms with van der Waals surface area (Å²) in [4.78, 5) is 102. The summed E-state index contributed by atoms with van der Waals surface area (Å²) in [6, 6.07) is 9.26. The summed E-state index contributed by atoms with van der Waals surface area (Å²) < 4.78 is 2.71. The molecule has 5 aromatic rings. The number of nitrogens with two attached hydrogens (primary N) is 2. The number of carbonyl (C=O) groups is 7. The lowest BCUT2D eigenvalue weighted by Crippen LogP contribution is -2.61. The third-order valence-corrected chi connectivity index (χ3v) is 16.1. The van der Waals surface area contributed by atoms with Gasteiger partial charge in [0.1, 0.15) is 29.9 Å². The van der Waals surface area contributed by atoms with Crippen LogP contribution in [0, 0.1) is 5.92 Å². The van der Waals surface area contributed by atoms with Gasteiger partial charge in [-0.05, 0) is 84.0 Å². The van der Waals surface area contributed by atoms with Crippen LogP contribution in [-0.2, 0) is 40.0 Å². The zero-order valence-corrected chi connectivity index (χ0v) is 40.0. The summed E-state index contributed by atoms with van der Waals surface area (Å²) in [6.45, 7) is 0.634. The highest BCUT2D eigenvalue weighted by Crippen LogP contribution is 2.37. The van der Waals surface area contributed by atoms with Crippen LogP contribution in [0.5, 0.6) is 0 Å². The number of primary amides is 1. The maximum atomic E-state index is 15.3. The van der Waals surface area contributed by atoms with E-state index in [0.29, 0.717) is 50.9 Å². The molecule has 6 atom stereocenters. The van der Waals surface area contributed by atoms with E-state index in [0.717, 1.165) is 49.5 Å². The number of nitrogens with one attached hydrogen (secondary N) is 5. The molecule has 8 rings (SSSR count). The Kier molecular flexibility index (Phi) is 15.9. The molecule has 360 valence electrons. The summed E-state index contributed by atoms with van der Waals surface area (Å²) in [5, 5.41) is 28.1. The van der Waals surface area contributed by atoms with Crippen molar-refractivity contribution in [3.05, 3.63) is 71.1 Å². The largest absolute Gasteiger partial charge is 0.370 e. The number of hydrogen-bond donors (Lipinski definition) is 7. The molecule has 0 bridgehead atoms. The van der Waals surface area contributed by atoms with Gasteiger partial charge in [0.15, 0.2) is 0 Å². The highest BCUT2D eigenvalue weighted by atomic mass is 32.1. The van der Waals surface area contributed by atoms with Gasteiger partial charge in [0, 0.05) is 46.9 Å². The van der Waals surface area contributed by atoms with Crippen molar-refractivity contribution >= 4 is 85.4 Å². The maximum Gasteiger partial charge on any atom is 0.246 e. The topological polar surface area (TPSA) is 266 Å². The number of carbonyl (C=O) groups excluding carboxylic acids is 7. The van der Waals surface area contributed by atoms with Crippen LogP contribution in [-0.4, -0.2) is 111 Å². The van der Waals surface area contributed by atoms with Crippen LogP contribution in [0.2, 0.25) is 0 Å². The highest BCUT2D eigenvalue weighted by molar-refractivity contribution is 7.23. The Hall–Kier alpha value is -6.03. The molecule has 0 spiro atoms. The first kappa shape index (κ1) is 48.4. The number of fused-ring (bicyclic) bond motifs is 2. The van der Waals surface area contributed by atoms with Crippen LogP contribution >= 0.6 is 34.0 Å². The predicted molar refractivity (Wildman–Crippen MR) is 260 cm³/mol. The van der Waals surface area contributed by atoms with Gasteiger partial charge in [0.2, 0.25) is 41.4 Å². The van der Waals surface area contributed by atoms with Crippen LogP contribution in [0.4, 0.5) is 0 Å². The highest BCUT2D eigenvalue weighted by Gasteiger charge is 2.46. The molecule has 4 aromatic heterocycles. The average molecular weight is 984 g/mol. The van der Waals surface area contributed by atoms with Crippen LogP contribution < -0.4 is 38.1 Å². The summed E-state index contributed by atoms with van der Waals surface area (Å²) in [6.07, 6.45) is 6.66. The fourth-order valence-corrected chi connectivity index (χ4v) is 12.1. The van der Waals surface area contributed by atoms with E-state index >= 15 is 4.79 Å². The minimum absolute atomic E-state index is 0.0219. The van der Waals surface area contributed by atoms with Gasteiger partial charge >= 0.3 is 0 Å². The Labute approximate surface area is 405 Å².